The lowest BCUT2D eigenvalue weighted by Gasteiger charge is -2.27. The fourth-order valence-electron chi connectivity index (χ4n) is 2.81. The fourth-order valence-corrected chi connectivity index (χ4v) is 2.81. The number of hydrogen-bond donors (Lipinski definition) is 0. The molecular formula is C16H13F5N4O2. The van der Waals surface area contributed by atoms with Crippen LogP contribution in [0.3, 0.4) is 0 Å². The molecule has 1 aliphatic heterocycles. The predicted molar refractivity (Wildman–Crippen MR) is 80.1 cm³/mol. The van der Waals surface area contributed by atoms with Crippen LogP contribution in [0, 0.1) is 11.6 Å². The van der Waals surface area contributed by atoms with Crippen LogP contribution >= 0.6 is 0 Å². The van der Waals surface area contributed by atoms with Crippen LogP contribution in [-0.4, -0.2) is 37.9 Å². The molecule has 2 heterocycles. The number of fused-ring (bicyclic) bond motifs is 1. The van der Waals surface area contributed by atoms with E-state index in [1.165, 1.54) is 4.90 Å². The van der Waals surface area contributed by atoms with Crippen molar-refractivity contribution in [3.8, 4) is 0 Å². The summed E-state index contributed by atoms with van der Waals surface area (Å²) >= 11 is 0. The average molecular weight is 388 g/mol. The molecule has 0 N–H and O–H groups in total. The summed E-state index contributed by atoms with van der Waals surface area (Å²) in [6, 6.07) is 2.67. The van der Waals surface area contributed by atoms with Crippen molar-refractivity contribution in [3.05, 3.63) is 47.0 Å². The van der Waals surface area contributed by atoms with E-state index in [4.69, 9.17) is 0 Å². The van der Waals surface area contributed by atoms with Gasteiger partial charge in [-0.3, -0.25) is 9.59 Å². The summed E-state index contributed by atoms with van der Waals surface area (Å²) in [5.41, 5.74) is -0.166. The van der Waals surface area contributed by atoms with E-state index in [0.717, 1.165) is 22.8 Å². The molecule has 0 saturated carbocycles. The van der Waals surface area contributed by atoms with Crippen molar-refractivity contribution in [2.75, 3.05) is 6.54 Å². The summed E-state index contributed by atoms with van der Waals surface area (Å²) in [5.74, 6) is -3.90. The molecule has 2 aromatic rings. The lowest BCUT2D eigenvalue weighted by atomic mass is 10.1. The van der Waals surface area contributed by atoms with Gasteiger partial charge >= 0.3 is 6.18 Å². The number of halogens is 5. The maximum Gasteiger partial charge on any atom is 0.451 e. The normalized spacial score (nSPS) is 14.2. The lowest BCUT2D eigenvalue weighted by molar-refractivity contribution is -0.148. The molecule has 1 aromatic heterocycles. The second-order valence-electron chi connectivity index (χ2n) is 6.03. The van der Waals surface area contributed by atoms with Crippen molar-refractivity contribution in [2.24, 2.45) is 0 Å². The molecule has 0 spiro atoms. The van der Waals surface area contributed by atoms with Gasteiger partial charge in [-0.05, 0) is 23.8 Å². The largest absolute Gasteiger partial charge is 0.451 e. The van der Waals surface area contributed by atoms with Gasteiger partial charge in [0.05, 0.1) is 13.0 Å². The van der Waals surface area contributed by atoms with Crippen molar-refractivity contribution in [3.63, 3.8) is 0 Å². The van der Waals surface area contributed by atoms with E-state index in [0.29, 0.717) is 0 Å². The van der Waals surface area contributed by atoms with E-state index in [-0.39, 0.29) is 31.0 Å². The van der Waals surface area contributed by atoms with Crippen LogP contribution in [0.15, 0.2) is 18.2 Å². The van der Waals surface area contributed by atoms with Gasteiger partial charge in [0.2, 0.25) is 11.7 Å². The lowest BCUT2D eigenvalue weighted by Crippen LogP contribution is -2.40. The molecule has 6 nitrogen and oxygen atoms in total. The van der Waals surface area contributed by atoms with Gasteiger partial charge in [0.15, 0.2) is 5.82 Å². The zero-order chi connectivity index (χ0) is 19.8. The molecule has 0 unspecified atom stereocenters. The van der Waals surface area contributed by atoms with Gasteiger partial charge < -0.3 is 9.47 Å². The van der Waals surface area contributed by atoms with Crippen LogP contribution < -0.4 is 0 Å². The maximum atomic E-state index is 13.6. The van der Waals surface area contributed by atoms with Crippen LogP contribution in [0.1, 0.15) is 23.6 Å². The van der Waals surface area contributed by atoms with E-state index < -0.39 is 48.2 Å². The standard InChI is InChI=1S/C16H13F5N4O2/c17-10-1-2-12(18)9(5-10)6-11(26)7-14(27)24-3-4-25-13(8-24)22-23-15(25)16(19,20)21/h1-2,5H,3-4,6-8H2. The Hall–Kier alpha value is -2.85. The Balaban J connectivity index is 1.63. The number of ketones is 1. The van der Waals surface area contributed by atoms with E-state index in [1.54, 1.807) is 0 Å². The van der Waals surface area contributed by atoms with E-state index in [1.807, 2.05) is 0 Å². The first-order valence-electron chi connectivity index (χ1n) is 7.88. The molecule has 27 heavy (non-hydrogen) atoms. The summed E-state index contributed by atoms with van der Waals surface area (Å²) in [7, 11) is 0. The third-order valence-corrected chi connectivity index (χ3v) is 4.10. The molecule has 0 radical (unpaired) electrons. The quantitative estimate of drug-likeness (QED) is 0.595. The van der Waals surface area contributed by atoms with Crippen molar-refractivity contribution < 1.29 is 31.5 Å². The van der Waals surface area contributed by atoms with E-state index >= 15 is 0 Å². The highest BCUT2D eigenvalue weighted by Gasteiger charge is 2.40. The highest BCUT2D eigenvalue weighted by molar-refractivity contribution is 5.98. The van der Waals surface area contributed by atoms with Gasteiger partial charge in [-0.15, -0.1) is 10.2 Å². The molecule has 1 aromatic carbocycles. The Labute approximate surface area is 149 Å². The summed E-state index contributed by atoms with van der Waals surface area (Å²) < 4.78 is 66.0. The molecule has 0 bridgehead atoms. The van der Waals surface area contributed by atoms with Crippen LogP contribution in [0.4, 0.5) is 22.0 Å². The molecule has 0 aliphatic carbocycles. The number of alkyl halides is 3. The predicted octanol–water partition coefficient (Wildman–Crippen LogP) is 2.12. The number of carbonyl (C=O) groups is 2. The van der Waals surface area contributed by atoms with Crippen molar-refractivity contribution in [2.45, 2.75) is 32.1 Å². The van der Waals surface area contributed by atoms with Gasteiger partial charge in [-0.1, -0.05) is 0 Å². The summed E-state index contributed by atoms with van der Waals surface area (Å²) in [6.45, 7) is -0.423. The Morgan fingerprint density at radius 2 is 1.85 bits per heavy atom. The van der Waals surface area contributed by atoms with Crippen LogP contribution in [0.2, 0.25) is 0 Å². The summed E-state index contributed by atoms with van der Waals surface area (Å²) in [5, 5.41) is 6.55. The van der Waals surface area contributed by atoms with Crippen LogP contribution in [0.25, 0.3) is 0 Å². The molecule has 0 fully saturated rings. The zero-order valence-electron chi connectivity index (χ0n) is 13.8. The van der Waals surface area contributed by atoms with Gasteiger partial charge in [-0.25, -0.2) is 8.78 Å². The summed E-state index contributed by atoms with van der Waals surface area (Å²) in [6.07, 6.45) is -5.68. The smallest absolute Gasteiger partial charge is 0.333 e. The molecule has 11 heteroatoms. The Morgan fingerprint density at radius 3 is 2.56 bits per heavy atom. The summed E-state index contributed by atoms with van der Waals surface area (Å²) in [4.78, 5) is 25.4. The van der Waals surface area contributed by atoms with E-state index in [9.17, 15) is 31.5 Å². The Bertz CT molecular complexity index is 893. The molecule has 3 rings (SSSR count). The first-order chi connectivity index (χ1) is 12.6. The number of hydrogen-bond acceptors (Lipinski definition) is 4. The minimum atomic E-state index is -4.65. The number of aromatic nitrogens is 3. The zero-order valence-corrected chi connectivity index (χ0v) is 13.8. The Kier molecular flexibility index (Phi) is 4.94. The van der Waals surface area contributed by atoms with Gasteiger partial charge in [0.1, 0.15) is 17.4 Å². The SMILES string of the molecule is O=C(CC(=O)N1CCn2c(nnc2C(F)(F)F)C1)Cc1cc(F)ccc1F. The van der Waals surface area contributed by atoms with Crippen molar-refractivity contribution >= 4 is 11.7 Å². The fraction of sp³-hybridized carbons (Fsp3) is 0.375. The van der Waals surface area contributed by atoms with Crippen molar-refractivity contribution in [1.82, 2.24) is 19.7 Å². The van der Waals surface area contributed by atoms with Crippen molar-refractivity contribution in [1.29, 1.82) is 0 Å². The monoisotopic (exact) mass is 388 g/mol. The molecule has 0 saturated heterocycles. The number of amides is 1. The molecule has 1 aliphatic rings. The number of rotatable bonds is 4. The maximum absolute atomic E-state index is 13.6. The van der Waals surface area contributed by atoms with E-state index in [2.05, 4.69) is 10.2 Å². The molecule has 0 atom stereocenters. The second-order valence-corrected chi connectivity index (χ2v) is 6.03. The third-order valence-electron chi connectivity index (χ3n) is 4.10. The number of nitrogens with zero attached hydrogens (tertiary/aromatic N) is 4. The highest BCUT2D eigenvalue weighted by atomic mass is 19.4. The van der Waals surface area contributed by atoms with Gasteiger partial charge in [0, 0.05) is 19.5 Å². The minimum Gasteiger partial charge on any atom is -0.333 e. The number of Topliss-reactive ketones (excluding diaryl/α,β-unsaturated/α-hetero) is 1. The highest BCUT2D eigenvalue weighted by Crippen LogP contribution is 2.29. The topological polar surface area (TPSA) is 68.1 Å². The molecule has 144 valence electrons. The number of benzene rings is 1. The number of carbonyl (C=O) groups excluding carboxylic acids is 2. The molecule has 1 amide bonds. The first-order valence-corrected chi connectivity index (χ1v) is 7.88. The Morgan fingerprint density at radius 1 is 1.11 bits per heavy atom. The minimum absolute atomic E-state index is 0.0365. The second kappa shape index (κ2) is 7.05. The first kappa shape index (κ1) is 18.9. The molecular weight excluding hydrogens is 375 g/mol. The average Bonchev–Trinajstić information content (AvgIpc) is 3.01. The van der Waals surface area contributed by atoms with Gasteiger partial charge in [-0.2, -0.15) is 13.2 Å². The van der Waals surface area contributed by atoms with Gasteiger partial charge in [0.25, 0.3) is 0 Å². The van der Waals surface area contributed by atoms with Crippen LogP contribution in [-0.2, 0) is 35.3 Å². The third kappa shape index (κ3) is 4.12. The van der Waals surface area contributed by atoms with Crippen LogP contribution in [0.5, 0.6) is 0 Å².